The van der Waals surface area contributed by atoms with Crippen LogP contribution in [0.2, 0.25) is 0 Å². The van der Waals surface area contributed by atoms with Crippen molar-refractivity contribution in [1.82, 2.24) is 10.6 Å². The second-order valence-electron chi connectivity index (χ2n) is 6.30. The molecular weight excluding hydrogens is 455 g/mol. The van der Waals surface area contributed by atoms with Crippen LogP contribution in [0.25, 0.3) is 0 Å². The number of carbonyl (C=O) groups is 3. The first-order valence-electron chi connectivity index (χ1n) is 8.78. The zero-order valence-electron chi connectivity index (χ0n) is 15.6. The second-order valence-corrected chi connectivity index (χ2v) is 8.58. The molecule has 0 aliphatic heterocycles. The highest BCUT2D eigenvalue weighted by Gasteiger charge is 2.30. The lowest BCUT2D eigenvalue weighted by atomic mass is 10.0. The molecule has 0 aromatic heterocycles. The number of alkyl halides is 3. The van der Waals surface area contributed by atoms with Crippen LogP contribution in [0.3, 0.4) is 0 Å². The molecule has 1 atom stereocenters. The molecule has 10 heteroatoms. The Bertz CT molecular complexity index is 870. The molecule has 3 N–H and O–H groups in total. The molecule has 0 aliphatic rings. The Morgan fingerprint density at radius 2 is 1.53 bits per heavy atom. The molecule has 2 aromatic rings. The predicted molar refractivity (Wildman–Crippen MR) is 113 cm³/mol. The molecule has 7 nitrogen and oxygen atoms in total. The highest BCUT2D eigenvalue weighted by molar-refractivity contribution is 6.76. The van der Waals surface area contributed by atoms with Crippen molar-refractivity contribution in [2.24, 2.45) is 0 Å². The van der Waals surface area contributed by atoms with Crippen molar-refractivity contribution in [1.29, 1.82) is 0 Å². The lowest BCUT2D eigenvalue weighted by Gasteiger charge is -2.15. The summed E-state index contributed by atoms with van der Waals surface area (Å²) in [6, 6.07) is 14.6. The molecule has 160 valence electrons. The summed E-state index contributed by atoms with van der Waals surface area (Å²) in [4.78, 5) is 35.0. The van der Waals surface area contributed by atoms with E-state index in [0.29, 0.717) is 5.56 Å². The van der Waals surface area contributed by atoms with Gasteiger partial charge in [-0.1, -0.05) is 89.4 Å². The summed E-state index contributed by atoms with van der Waals surface area (Å²) in [5.74, 6) is -1.94. The summed E-state index contributed by atoms with van der Waals surface area (Å²) in [5.41, 5.74) is 2.18. The number of carboxylic acids is 1. The number of amides is 2. The Balaban J connectivity index is 1.87. The summed E-state index contributed by atoms with van der Waals surface area (Å²) >= 11 is 16.4. The number of alkyl carbamates (subject to hydrolysis) is 1. The van der Waals surface area contributed by atoms with E-state index in [-0.39, 0.29) is 19.6 Å². The minimum Gasteiger partial charge on any atom is -0.480 e. The first kappa shape index (κ1) is 23.8. The van der Waals surface area contributed by atoms with Gasteiger partial charge in [0.2, 0.25) is 0 Å². The third-order valence-electron chi connectivity index (χ3n) is 3.98. The number of ether oxygens (including phenoxy) is 1. The van der Waals surface area contributed by atoms with Crippen LogP contribution < -0.4 is 10.6 Å². The fraction of sp³-hybridized carbons (Fsp3) is 0.250. The number of rotatable bonds is 8. The zero-order valence-corrected chi connectivity index (χ0v) is 17.9. The van der Waals surface area contributed by atoms with Crippen molar-refractivity contribution in [3.63, 3.8) is 0 Å². The van der Waals surface area contributed by atoms with Crippen LogP contribution in [0.5, 0.6) is 0 Å². The minimum atomic E-state index is -2.05. The van der Waals surface area contributed by atoms with E-state index in [4.69, 9.17) is 39.5 Å². The maximum atomic E-state index is 11.9. The molecule has 2 amide bonds. The maximum Gasteiger partial charge on any atom is 0.408 e. The van der Waals surface area contributed by atoms with Gasteiger partial charge in [-0.15, -0.1) is 0 Å². The number of carboxylic acid groups (broad SMARTS) is 1. The van der Waals surface area contributed by atoms with Crippen molar-refractivity contribution in [2.75, 3.05) is 0 Å². The van der Waals surface area contributed by atoms with Gasteiger partial charge in [-0.25, -0.2) is 9.59 Å². The Hall–Kier alpha value is -2.48. The van der Waals surface area contributed by atoms with E-state index in [1.807, 2.05) is 18.2 Å². The Kier molecular flexibility index (Phi) is 8.77. The molecule has 0 spiro atoms. The predicted octanol–water partition coefficient (Wildman–Crippen LogP) is 3.60. The van der Waals surface area contributed by atoms with Gasteiger partial charge in [0.1, 0.15) is 12.6 Å². The summed E-state index contributed by atoms with van der Waals surface area (Å²) < 4.78 is 3.02. The average Bonchev–Trinajstić information content (AvgIpc) is 2.71. The van der Waals surface area contributed by atoms with Crippen LogP contribution in [0.15, 0.2) is 54.6 Å². The topological polar surface area (TPSA) is 105 Å². The van der Waals surface area contributed by atoms with Gasteiger partial charge in [-0.3, -0.25) is 4.79 Å². The Morgan fingerprint density at radius 3 is 2.10 bits per heavy atom. The second kappa shape index (κ2) is 11.1. The molecule has 0 aliphatic carbocycles. The molecule has 2 aromatic carbocycles. The van der Waals surface area contributed by atoms with Gasteiger partial charge in [-0.05, 0) is 16.7 Å². The Morgan fingerprint density at radius 1 is 0.933 bits per heavy atom. The zero-order chi connectivity index (χ0) is 22.1. The molecule has 0 bridgehead atoms. The van der Waals surface area contributed by atoms with E-state index in [2.05, 4.69) is 10.6 Å². The van der Waals surface area contributed by atoms with Gasteiger partial charge in [-0.2, -0.15) is 0 Å². The van der Waals surface area contributed by atoms with Crippen molar-refractivity contribution < 1.29 is 24.2 Å². The van der Waals surface area contributed by atoms with E-state index in [9.17, 15) is 19.5 Å². The van der Waals surface area contributed by atoms with Crippen LogP contribution in [0, 0.1) is 0 Å². The first-order chi connectivity index (χ1) is 14.1. The number of carbonyl (C=O) groups excluding carboxylic acids is 2. The first-order valence-corrected chi connectivity index (χ1v) is 9.91. The number of aliphatic carboxylic acids is 1. The third-order valence-corrected chi connectivity index (χ3v) is 4.49. The SMILES string of the molecule is O=C(N[C@@H](Cc1ccc(CNC(=O)C(Cl)(Cl)Cl)cc1)C(=O)O)OCc1ccccc1. The van der Waals surface area contributed by atoms with Crippen LogP contribution >= 0.6 is 34.8 Å². The summed E-state index contributed by atoms with van der Waals surface area (Å²) in [6.45, 7) is 0.174. The molecule has 0 saturated carbocycles. The molecule has 2 rings (SSSR count). The molecular formula is C20H19Cl3N2O5. The fourth-order valence-corrected chi connectivity index (χ4v) is 2.62. The number of hydrogen-bond donors (Lipinski definition) is 3. The standard InChI is InChI=1S/C20H19Cl3N2O5/c21-20(22,23)18(28)24-11-14-8-6-13(7-9-14)10-16(17(26)27)25-19(29)30-12-15-4-2-1-3-5-15/h1-9,16H,10-12H2,(H,24,28)(H,25,29)(H,26,27)/t16-/m0/s1. The average molecular weight is 474 g/mol. The van der Waals surface area contributed by atoms with Crippen LogP contribution in [-0.2, 0) is 33.9 Å². The summed E-state index contributed by atoms with van der Waals surface area (Å²) in [7, 11) is 0. The number of benzene rings is 2. The summed E-state index contributed by atoms with van der Waals surface area (Å²) in [5, 5.41) is 14.2. The maximum absolute atomic E-state index is 11.9. The number of hydrogen-bond acceptors (Lipinski definition) is 4. The van der Waals surface area contributed by atoms with Gasteiger partial charge >= 0.3 is 12.1 Å². The van der Waals surface area contributed by atoms with Gasteiger partial charge in [0.25, 0.3) is 9.70 Å². The molecule has 0 radical (unpaired) electrons. The van der Waals surface area contributed by atoms with E-state index < -0.39 is 27.8 Å². The molecule has 0 heterocycles. The van der Waals surface area contributed by atoms with Crippen LogP contribution in [0.1, 0.15) is 16.7 Å². The third kappa shape index (κ3) is 8.10. The number of nitrogens with one attached hydrogen (secondary N) is 2. The van der Waals surface area contributed by atoms with E-state index in [1.165, 1.54) is 0 Å². The quantitative estimate of drug-likeness (QED) is 0.508. The van der Waals surface area contributed by atoms with Gasteiger partial charge in [0, 0.05) is 13.0 Å². The normalized spacial score (nSPS) is 12.0. The van der Waals surface area contributed by atoms with Gasteiger partial charge in [0.15, 0.2) is 0 Å². The largest absolute Gasteiger partial charge is 0.480 e. The molecule has 0 saturated heterocycles. The van der Waals surface area contributed by atoms with Crippen molar-refractivity contribution >= 4 is 52.8 Å². The smallest absolute Gasteiger partial charge is 0.408 e. The molecule has 30 heavy (non-hydrogen) atoms. The minimum absolute atomic E-state index is 0.0353. The van der Waals surface area contributed by atoms with Gasteiger partial charge in [0.05, 0.1) is 0 Å². The fourth-order valence-electron chi connectivity index (χ4n) is 2.42. The molecule has 0 fully saturated rings. The van der Waals surface area contributed by atoms with Crippen molar-refractivity contribution in [3.8, 4) is 0 Å². The van der Waals surface area contributed by atoms with Crippen LogP contribution in [0.4, 0.5) is 4.79 Å². The molecule has 0 unspecified atom stereocenters. The van der Waals surface area contributed by atoms with Crippen molar-refractivity contribution in [2.45, 2.75) is 29.4 Å². The number of halogens is 3. The van der Waals surface area contributed by atoms with E-state index in [1.54, 1.807) is 36.4 Å². The lowest BCUT2D eigenvalue weighted by Crippen LogP contribution is -2.42. The highest BCUT2D eigenvalue weighted by Crippen LogP contribution is 2.25. The van der Waals surface area contributed by atoms with Crippen molar-refractivity contribution in [3.05, 3.63) is 71.3 Å². The van der Waals surface area contributed by atoms with Crippen LogP contribution in [-0.4, -0.2) is 32.9 Å². The van der Waals surface area contributed by atoms with E-state index >= 15 is 0 Å². The van der Waals surface area contributed by atoms with Gasteiger partial charge < -0.3 is 20.5 Å². The highest BCUT2D eigenvalue weighted by atomic mass is 35.6. The summed E-state index contributed by atoms with van der Waals surface area (Å²) in [6.07, 6.45) is -0.770. The van der Waals surface area contributed by atoms with E-state index in [0.717, 1.165) is 11.1 Å². The lowest BCUT2D eigenvalue weighted by molar-refractivity contribution is -0.139. The monoisotopic (exact) mass is 472 g/mol. The Labute approximate surface area is 188 Å².